The smallest absolute Gasteiger partial charge is 0.326 e. The predicted octanol–water partition coefficient (Wildman–Crippen LogP) is -3.27. The SMILES string of the molecule is CC[C@H](C)[C@H](NC(=O)[C@H](Cc1cnc[nH]1)NC(=O)[C@H](C)NC(=O)[C@H](CO)NC(=O)[C@H](CCCN=C(N)N)NC(=O)[C@@H](NC(C)=O)C(C)C)C(=O)O. The lowest BCUT2D eigenvalue weighted by atomic mass is 9.98. The van der Waals surface area contributed by atoms with Crippen LogP contribution in [-0.2, 0) is 40.0 Å². The molecule has 1 aromatic heterocycles. The molecule has 0 radical (unpaired) electrons. The number of rotatable bonds is 22. The first-order valence-electron chi connectivity index (χ1n) is 16.6. The summed E-state index contributed by atoms with van der Waals surface area (Å²) < 4.78 is 0. The maximum Gasteiger partial charge on any atom is 0.326 e. The van der Waals surface area contributed by atoms with Crippen LogP contribution in [0.1, 0.15) is 66.5 Å². The van der Waals surface area contributed by atoms with E-state index in [1.807, 2.05) is 0 Å². The van der Waals surface area contributed by atoms with Gasteiger partial charge in [-0.1, -0.05) is 34.1 Å². The quantitative estimate of drug-likeness (QED) is 0.0319. The summed E-state index contributed by atoms with van der Waals surface area (Å²) >= 11 is 0. The van der Waals surface area contributed by atoms with Crippen LogP contribution < -0.4 is 43.4 Å². The Hall–Kier alpha value is -5.27. The van der Waals surface area contributed by atoms with Gasteiger partial charge in [-0.05, 0) is 31.6 Å². The Kier molecular flexibility index (Phi) is 18.6. The van der Waals surface area contributed by atoms with E-state index < -0.39 is 90.2 Å². The molecule has 286 valence electrons. The normalized spacial score (nSPS) is 15.1. The van der Waals surface area contributed by atoms with Gasteiger partial charge in [0.05, 0.1) is 12.9 Å². The average Bonchev–Trinajstić information content (AvgIpc) is 3.57. The van der Waals surface area contributed by atoms with E-state index in [-0.39, 0.29) is 37.7 Å². The van der Waals surface area contributed by atoms with Crippen molar-refractivity contribution in [2.45, 2.75) is 103 Å². The number of aliphatic hydroxyl groups is 1. The number of hydrogen-bond donors (Lipinski definition) is 11. The summed E-state index contributed by atoms with van der Waals surface area (Å²) in [6.07, 6.45) is 3.40. The van der Waals surface area contributed by atoms with Crippen LogP contribution in [0.2, 0.25) is 0 Å². The predicted molar refractivity (Wildman–Crippen MR) is 184 cm³/mol. The lowest BCUT2D eigenvalue weighted by Crippen LogP contribution is -2.60. The van der Waals surface area contributed by atoms with Gasteiger partial charge in [0.15, 0.2) is 5.96 Å². The first kappa shape index (κ1) is 43.8. The highest BCUT2D eigenvalue weighted by Gasteiger charge is 2.33. The van der Waals surface area contributed by atoms with Gasteiger partial charge in [-0.3, -0.25) is 33.8 Å². The summed E-state index contributed by atoms with van der Waals surface area (Å²) in [7, 11) is 0. The molecule has 0 fully saturated rings. The largest absolute Gasteiger partial charge is 0.480 e. The number of aromatic amines is 1. The van der Waals surface area contributed by atoms with Gasteiger partial charge < -0.3 is 58.6 Å². The minimum Gasteiger partial charge on any atom is -0.480 e. The Bertz CT molecular complexity index is 1370. The van der Waals surface area contributed by atoms with Crippen LogP contribution in [0.25, 0.3) is 0 Å². The summed E-state index contributed by atoms with van der Waals surface area (Å²) in [6, 6.07) is -7.59. The lowest BCUT2D eigenvalue weighted by Gasteiger charge is -2.27. The van der Waals surface area contributed by atoms with Crippen LogP contribution in [0.4, 0.5) is 0 Å². The molecule has 1 aromatic rings. The number of guanidine groups is 1. The van der Waals surface area contributed by atoms with Crippen LogP contribution in [0, 0.1) is 11.8 Å². The molecule has 0 saturated carbocycles. The fourth-order valence-electron chi connectivity index (χ4n) is 4.69. The van der Waals surface area contributed by atoms with Gasteiger partial charge in [0.2, 0.25) is 35.4 Å². The highest BCUT2D eigenvalue weighted by atomic mass is 16.4. The number of hydrogen-bond acceptors (Lipinski definition) is 10. The summed E-state index contributed by atoms with van der Waals surface area (Å²) in [5, 5.41) is 34.4. The first-order valence-corrected chi connectivity index (χ1v) is 16.6. The van der Waals surface area contributed by atoms with Gasteiger partial charge >= 0.3 is 5.97 Å². The molecule has 0 bridgehead atoms. The number of H-pyrrole nitrogens is 1. The van der Waals surface area contributed by atoms with Crippen LogP contribution in [0.15, 0.2) is 17.5 Å². The number of nitrogens with one attached hydrogen (secondary N) is 7. The molecule has 7 atom stereocenters. The number of amides is 6. The van der Waals surface area contributed by atoms with E-state index in [0.717, 1.165) is 0 Å². The highest BCUT2D eigenvalue weighted by molar-refractivity contribution is 5.96. The average molecular weight is 724 g/mol. The van der Waals surface area contributed by atoms with Crippen molar-refractivity contribution in [3.8, 4) is 0 Å². The number of carboxylic acid groups (broad SMARTS) is 1. The van der Waals surface area contributed by atoms with E-state index >= 15 is 0 Å². The number of aromatic nitrogens is 2. The van der Waals surface area contributed by atoms with Crippen molar-refractivity contribution in [3.63, 3.8) is 0 Å². The van der Waals surface area contributed by atoms with Crippen molar-refractivity contribution in [3.05, 3.63) is 18.2 Å². The Morgan fingerprint density at radius 2 is 1.41 bits per heavy atom. The fourth-order valence-corrected chi connectivity index (χ4v) is 4.69. The maximum absolute atomic E-state index is 13.3. The molecule has 6 amide bonds. The molecule has 0 aliphatic carbocycles. The van der Waals surface area contributed by atoms with E-state index in [1.54, 1.807) is 27.7 Å². The number of aliphatic carboxylic acids is 1. The molecule has 0 saturated heterocycles. The molecule has 13 N–H and O–H groups in total. The number of aliphatic hydroxyl groups excluding tert-OH is 1. The van der Waals surface area contributed by atoms with E-state index in [4.69, 9.17) is 11.5 Å². The summed E-state index contributed by atoms with van der Waals surface area (Å²) in [4.78, 5) is 99.9. The molecule has 0 aliphatic heterocycles. The Labute approximate surface area is 296 Å². The molecule has 1 rings (SSSR count). The topological polar surface area (TPSA) is 325 Å². The zero-order chi connectivity index (χ0) is 38.8. The van der Waals surface area contributed by atoms with E-state index in [1.165, 1.54) is 26.4 Å². The highest BCUT2D eigenvalue weighted by Crippen LogP contribution is 2.10. The molecule has 20 nitrogen and oxygen atoms in total. The summed E-state index contributed by atoms with van der Waals surface area (Å²) in [5.74, 6) is -6.73. The number of imidazole rings is 1. The zero-order valence-electron chi connectivity index (χ0n) is 29.8. The van der Waals surface area contributed by atoms with Gasteiger partial charge in [-0.25, -0.2) is 9.78 Å². The molecule has 20 heteroatoms. The first-order chi connectivity index (χ1) is 23.9. The van der Waals surface area contributed by atoms with E-state index in [2.05, 4.69) is 46.9 Å². The fraction of sp³-hybridized carbons (Fsp3) is 0.645. The van der Waals surface area contributed by atoms with Gasteiger partial charge in [-0.2, -0.15) is 0 Å². The van der Waals surface area contributed by atoms with Crippen molar-refractivity contribution < 1.29 is 43.8 Å². The number of aliphatic imine (C=N–C) groups is 1. The Morgan fingerprint density at radius 3 is 1.92 bits per heavy atom. The molecule has 51 heavy (non-hydrogen) atoms. The standard InChI is InChI=1S/C31H53N11O9/c1-7-16(4)24(30(50)51)42-27(47)21(11-19-12-34-14-36-19)40-25(45)17(5)37-28(48)22(13-43)41-26(46)20(9-8-10-35-31(32)33)39-29(49)23(15(2)3)38-18(6)44/h12,14-17,20-24,43H,7-11,13H2,1-6H3,(H,34,36)(H,37,48)(H,38,44)(H,39,49)(H,40,45)(H,41,46)(H,42,47)(H,50,51)(H4,32,33,35)/t16-,17-,20-,21-,22-,23-,24-/m0/s1. The van der Waals surface area contributed by atoms with Gasteiger partial charge in [0.1, 0.15) is 36.3 Å². The molecular formula is C31H53N11O9. The van der Waals surface area contributed by atoms with Crippen molar-refractivity contribution in [1.29, 1.82) is 0 Å². The van der Waals surface area contributed by atoms with Crippen molar-refractivity contribution >= 4 is 47.4 Å². The maximum atomic E-state index is 13.3. The van der Waals surface area contributed by atoms with Gasteiger partial charge in [0.25, 0.3) is 0 Å². The van der Waals surface area contributed by atoms with Crippen molar-refractivity contribution in [1.82, 2.24) is 41.9 Å². The monoisotopic (exact) mass is 723 g/mol. The number of nitrogens with zero attached hydrogens (tertiary/aromatic N) is 2. The second kappa shape index (κ2) is 21.7. The van der Waals surface area contributed by atoms with Crippen molar-refractivity contribution in [2.24, 2.45) is 28.3 Å². The van der Waals surface area contributed by atoms with E-state index in [9.17, 15) is 43.8 Å². The third-order valence-corrected chi connectivity index (χ3v) is 7.84. The third-order valence-electron chi connectivity index (χ3n) is 7.84. The molecular weight excluding hydrogens is 670 g/mol. The zero-order valence-corrected chi connectivity index (χ0v) is 29.8. The Balaban J connectivity index is 3.08. The van der Waals surface area contributed by atoms with Crippen LogP contribution in [-0.4, -0.2) is 117 Å². The molecule has 0 spiro atoms. The van der Waals surface area contributed by atoms with Crippen molar-refractivity contribution in [2.75, 3.05) is 13.2 Å². The molecule has 0 unspecified atom stereocenters. The number of carbonyl (C=O) groups excluding carboxylic acids is 6. The molecule has 1 heterocycles. The van der Waals surface area contributed by atoms with Gasteiger partial charge in [0, 0.05) is 31.8 Å². The Morgan fingerprint density at radius 1 is 0.824 bits per heavy atom. The summed E-state index contributed by atoms with van der Waals surface area (Å²) in [5.41, 5.74) is 11.2. The van der Waals surface area contributed by atoms with Crippen LogP contribution >= 0.6 is 0 Å². The number of carboxylic acids is 1. The number of nitrogens with two attached hydrogens (primary N) is 2. The molecule has 0 aliphatic rings. The van der Waals surface area contributed by atoms with E-state index in [0.29, 0.717) is 12.1 Å². The number of carbonyl (C=O) groups is 7. The summed E-state index contributed by atoms with van der Waals surface area (Å²) in [6.45, 7) is 8.59. The van der Waals surface area contributed by atoms with Crippen LogP contribution in [0.3, 0.4) is 0 Å². The third kappa shape index (κ3) is 15.4. The van der Waals surface area contributed by atoms with Gasteiger partial charge in [-0.15, -0.1) is 0 Å². The van der Waals surface area contributed by atoms with Crippen LogP contribution in [0.5, 0.6) is 0 Å². The minimum absolute atomic E-state index is 0.0113. The lowest BCUT2D eigenvalue weighted by molar-refractivity contribution is -0.143. The minimum atomic E-state index is -1.57. The second-order valence-electron chi connectivity index (χ2n) is 12.5. The second-order valence-corrected chi connectivity index (χ2v) is 12.5. The molecule has 0 aromatic carbocycles.